The Labute approximate surface area is 171 Å². The third kappa shape index (κ3) is 4.69. The zero-order valence-electron chi connectivity index (χ0n) is 16.5. The summed E-state index contributed by atoms with van der Waals surface area (Å²) in [5, 5.41) is 24.2. The molecule has 0 atom stereocenters. The van der Waals surface area contributed by atoms with E-state index >= 15 is 0 Å². The Balaban J connectivity index is 1.68. The van der Waals surface area contributed by atoms with Crippen LogP contribution in [0.4, 0.5) is 11.4 Å². The molecule has 0 fully saturated rings. The fraction of sp³-hybridized carbons (Fsp3) is 0.263. The van der Waals surface area contributed by atoms with E-state index < -0.39 is 4.92 Å². The molecule has 2 N–H and O–H groups in total. The lowest BCUT2D eigenvalue weighted by atomic mass is 10.1. The number of aryl methyl sites for hydroxylation is 1. The van der Waals surface area contributed by atoms with Crippen molar-refractivity contribution in [1.82, 2.24) is 24.9 Å². The van der Waals surface area contributed by atoms with E-state index in [1.165, 1.54) is 28.0 Å². The van der Waals surface area contributed by atoms with Gasteiger partial charge in [0.15, 0.2) is 0 Å². The first-order valence-electron chi connectivity index (χ1n) is 9.26. The SMILES string of the molecule is CCCNC(=O)c1c(NC(=O)c2ccc(Cn3cc([N+](=O)[O-])cn3)cc2)cnn1C. The number of hydrogen-bond donors (Lipinski definition) is 2. The van der Waals surface area contributed by atoms with E-state index in [1.807, 2.05) is 6.92 Å². The van der Waals surface area contributed by atoms with Crippen LogP contribution in [0.3, 0.4) is 0 Å². The lowest BCUT2D eigenvalue weighted by Gasteiger charge is -2.09. The molecule has 0 bridgehead atoms. The standard InChI is InChI=1S/C19H21N7O4/c1-3-8-20-19(28)17-16(10-21-24(17)2)23-18(27)14-6-4-13(5-7-14)11-25-12-15(9-22-25)26(29)30/h4-7,9-10,12H,3,8,11H2,1-2H3,(H,20,28)(H,23,27). The summed E-state index contributed by atoms with van der Waals surface area (Å²) >= 11 is 0. The normalized spacial score (nSPS) is 10.6. The molecule has 3 aromatic rings. The molecule has 0 unspecified atom stereocenters. The number of rotatable bonds is 8. The van der Waals surface area contributed by atoms with Crippen molar-refractivity contribution < 1.29 is 14.5 Å². The van der Waals surface area contributed by atoms with E-state index in [2.05, 4.69) is 20.8 Å². The molecule has 1 aromatic carbocycles. The highest BCUT2D eigenvalue weighted by molar-refractivity contribution is 6.08. The van der Waals surface area contributed by atoms with Gasteiger partial charge >= 0.3 is 5.69 Å². The topological polar surface area (TPSA) is 137 Å². The summed E-state index contributed by atoms with van der Waals surface area (Å²) in [6.07, 6.45) is 4.75. The molecule has 0 spiro atoms. The molecule has 0 aliphatic carbocycles. The summed E-state index contributed by atoms with van der Waals surface area (Å²) in [6.45, 7) is 2.81. The molecule has 11 nitrogen and oxygen atoms in total. The second-order valence-electron chi connectivity index (χ2n) is 6.59. The van der Waals surface area contributed by atoms with Crippen LogP contribution < -0.4 is 10.6 Å². The molecule has 2 amide bonds. The predicted molar refractivity (Wildman–Crippen MR) is 108 cm³/mol. The maximum absolute atomic E-state index is 12.6. The molecular weight excluding hydrogens is 390 g/mol. The Morgan fingerprint density at radius 2 is 1.87 bits per heavy atom. The second kappa shape index (κ2) is 8.99. The predicted octanol–water partition coefficient (Wildman–Crippen LogP) is 1.97. The highest BCUT2D eigenvalue weighted by Gasteiger charge is 2.19. The zero-order valence-corrected chi connectivity index (χ0v) is 16.5. The lowest BCUT2D eigenvalue weighted by molar-refractivity contribution is -0.385. The van der Waals surface area contributed by atoms with Crippen LogP contribution in [0.25, 0.3) is 0 Å². The van der Waals surface area contributed by atoms with Gasteiger partial charge in [-0.05, 0) is 24.1 Å². The van der Waals surface area contributed by atoms with Gasteiger partial charge in [0.2, 0.25) is 0 Å². The van der Waals surface area contributed by atoms with Crippen molar-refractivity contribution >= 4 is 23.2 Å². The smallest absolute Gasteiger partial charge is 0.307 e. The molecule has 11 heteroatoms. The van der Waals surface area contributed by atoms with Gasteiger partial charge in [-0.15, -0.1) is 0 Å². The van der Waals surface area contributed by atoms with Crippen LogP contribution in [-0.2, 0) is 13.6 Å². The first-order valence-corrected chi connectivity index (χ1v) is 9.26. The van der Waals surface area contributed by atoms with Crippen LogP contribution in [0.5, 0.6) is 0 Å². The van der Waals surface area contributed by atoms with Crippen LogP contribution in [0.15, 0.2) is 42.9 Å². The van der Waals surface area contributed by atoms with Crippen LogP contribution in [0.1, 0.15) is 39.8 Å². The van der Waals surface area contributed by atoms with Gasteiger partial charge in [0.05, 0.1) is 23.4 Å². The zero-order chi connectivity index (χ0) is 21.7. The van der Waals surface area contributed by atoms with E-state index in [4.69, 9.17) is 0 Å². The average molecular weight is 411 g/mol. The molecular formula is C19H21N7O4. The van der Waals surface area contributed by atoms with Crippen molar-refractivity contribution in [2.75, 3.05) is 11.9 Å². The fourth-order valence-electron chi connectivity index (χ4n) is 2.80. The quantitative estimate of drug-likeness (QED) is 0.429. The number of anilines is 1. The number of aromatic nitrogens is 4. The molecule has 0 radical (unpaired) electrons. The van der Waals surface area contributed by atoms with Gasteiger partial charge in [-0.1, -0.05) is 19.1 Å². The van der Waals surface area contributed by atoms with E-state index in [0.717, 1.165) is 12.0 Å². The number of carbonyl (C=O) groups is 2. The van der Waals surface area contributed by atoms with Crippen molar-refractivity contribution in [2.24, 2.45) is 7.05 Å². The molecule has 0 saturated carbocycles. The molecule has 2 aromatic heterocycles. The van der Waals surface area contributed by atoms with Gasteiger partial charge in [-0.25, -0.2) is 0 Å². The minimum Gasteiger partial charge on any atom is -0.351 e. The minimum absolute atomic E-state index is 0.0822. The van der Waals surface area contributed by atoms with Gasteiger partial charge in [-0.2, -0.15) is 10.2 Å². The maximum Gasteiger partial charge on any atom is 0.307 e. The minimum atomic E-state index is -0.508. The highest BCUT2D eigenvalue weighted by Crippen LogP contribution is 2.16. The van der Waals surface area contributed by atoms with Gasteiger partial charge in [0.25, 0.3) is 11.8 Å². The molecule has 0 aliphatic heterocycles. The Bertz CT molecular complexity index is 1070. The number of nitro groups is 1. The maximum atomic E-state index is 12.6. The molecule has 30 heavy (non-hydrogen) atoms. The van der Waals surface area contributed by atoms with Crippen molar-refractivity contribution in [3.63, 3.8) is 0 Å². The monoisotopic (exact) mass is 411 g/mol. The third-order valence-corrected chi connectivity index (χ3v) is 4.33. The number of nitrogens with one attached hydrogen (secondary N) is 2. The van der Waals surface area contributed by atoms with Gasteiger partial charge < -0.3 is 10.6 Å². The Morgan fingerprint density at radius 1 is 1.13 bits per heavy atom. The molecule has 0 aliphatic rings. The fourth-order valence-corrected chi connectivity index (χ4v) is 2.80. The lowest BCUT2D eigenvalue weighted by Crippen LogP contribution is -2.27. The number of nitrogens with zero attached hydrogens (tertiary/aromatic N) is 5. The van der Waals surface area contributed by atoms with Crippen molar-refractivity contribution in [1.29, 1.82) is 0 Å². The van der Waals surface area contributed by atoms with Crippen LogP contribution in [-0.4, -0.2) is 42.8 Å². The van der Waals surface area contributed by atoms with Crippen molar-refractivity contribution in [3.05, 3.63) is 69.8 Å². The van der Waals surface area contributed by atoms with Gasteiger partial charge in [-0.3, -0.25) is 29.1 Å². The number of carbonyl (C=O) groups excluding carboxylic acids is 2. The highest BCUT2D eigenvalue weighted by atomic mass is 16.6. The molecule has 3 rings (SSSR count). The Hall–Kier alpha value is -4.02. The first kappa shape index (κ1) is 20.7. The second-order valence-corrected chi connectivity index (χ2v) is 6.59. The van der Waals surface area contributed by atoms with Crippen LogP contribution >= 0.6 is 0 Å². The largest absolute Gasteiger partial charge is 0.351 e. The first-order chi connectivity index (χ1) is 14.4. The summed E-state index contributed by atoms with van der Waals surface area (Å²) in [6, 6.07) is 6.74. The third-order valence-electron chi connectivity index (χ3n) is 4.33. The summed E-state index contributed by atoms with van der Waals surface area (Å²) < 4.78 is 2.86. The Morgan fingerprint density at radius 3 is 2.50 bits per heavy atom. The van der Waals surface area contributed by atoms with E-state index in [1.54, 1.807) is 31.3 Å². The van der Waals surface area contributed by atoms with Crippen LogP contribution in [0, 0.1) is 10.1 Å². The van der Waals surface area contributed by atoms with E-state index in [0.29, 0.717) is 24.3 Å². The average Bonchev–Trinajstić information content (AvgIpc) is 3.33. The van der Waals surface area contributed by atoms with E-state index in [9.17, 15) is 19.7 Å². The van der Waals surface area contributed by atoms with Gasteiger partial charge in [0, 0.05) is 19.2 Å². The number of benzene rings is 1. The molecule has 156 valence electrons. The number of hydrogen-bond acceptors (Lipinski definition) is 6. The summed E-state index contributed by atoms with van der Waals surface area (Å²) in [5.74, 6) is -0.690. The van der Waals surface area contributed by atoms with Gasteiger partial charge in [0.1, 0.15) is 18.1 Å². The number of amides is 2. The van der Waals surface area contributed by atoms with Crippen LogP contribution in [0.2, 0.25) is 0 Å². The molecule has 0 saturated heterocycles. The summed E-state index contributed by atoms with van der Waals surface area (Å²) in [7, 11) is 1.63. The molecule has 2 heterocycles. The van der Waals surface area contributed by atoms with Crippen molar-refractivity contribution in [2.45, 2.75) is 19.9 Å². The van der Waals surface area contributed by atoms with E-state index in [-0.39, 0.29) is 23.2 Å². The summed E-state index contributed by atoms with van der Waals surface area (Å²) in [4.78, 5) is 35.1. The van der Waals surface area contributed by atoms with Crippen molar-refractivity contribution in [3.8, 4) is 0 Å². The summed E-state index contributed by atoms with van der Waals surface area (Å²) in [5.41, 5.74) is 1.73. The Kier molecular flexibility index (Phi) is 6.20.